The Hall–Kier alpha value is -4.96. The molecule has 0 radical (unpaired) electrons. The zero-order valence-electron chi connectivity index (χ0n) is 24.2. The van der Waals surface area contributed by atoms with Gasteiger partial charge in [-0.2, -0.15) is 0 Å². The Balaban J connectivity index is 1.50. The van der Waals surface area contributed by atoms with Gasteiger partial charge in [-0.3, -0.25) is 0 Å². The lowest BCUT2D eigenvalue weighted by Crippen LogP contribution is -2.20. The Morgan fingerprint density at radius 1 is 0.595 bits per heavy atom. The second-order valence-electron chi connectivity index (χ2n) is 11.8. The number of hydrogen-bond acceptors (Lipinski definition) is 4. The summed E-state index contributed by atoms with van der Waals surface area (Å²) >= 11 is 0. The van der Waals surface area contributed by atoms with Crippen molar-refractivity contribution in [2.75, 3.05) is 9.80 Å². The molecule has 2 heterocycles. The first-order valence-corrected chi connectivity index (χ1v) is 14.6. The second-order valence-corrected chi connectivity index (χ2v) is 11.8. The number of anilines is 5. The number of rotatable bonds is 6. The summed E-state index contributed by atoms with van der Waals surface area (Å²) in [6.07, 6.45) is 12.6. The van der Waals surface area contributed by atoms with Crippen molar-refractivity contribution < 1.29 is 8.83 Å². The van der Waals surface area contributed by atoms with E-state index < -0.39 is 0 Å². The van der Waals surface area contributed by atoms with Gasteiger partial charge in [0.25, 0.3) is 0 Å². The van der Waals surface area contributed by atoms with Gasteiger partial charge in [0.2, 0.25) is 0 Å². The highest BCUT2D eigenvalue weighted by Gasteiger charge is 2.26. The molecule has 6 aromatic rings. The van der Waals surface area contributed by atoms with E-state index in [0.29, 0.717) is 0 Å². The van der Waals surface area contributed by atoms with E-state index in [4.69, 9.17) is 8.83 Å². The second kappa shape index (κ2) is 10.5. The molecular formula is C38H34N2O2. The van der Waals surface area contributed by atoms with Crippen LogP contribution in [0.4, 0.5) is 28.4 Å². The van der Waals surface area contributed by atoms with E-state index in [0.717, 1.165) is 68.9 Å². The lowest BCUT2D eigenvalue weighted by molar-refractivity contribution is 0.590. The third-order valence-corrected chi connectivity index (χ3v) is 7.94. The van der Waals surface area contributed by atoms with Crippen LogP contribution in [-0.2, 0) is 5.41 Å². The number of nitrogens with zero attached hydrogens (tertiary/aromatic N) is 2. The van der Waals surface area contributed by atoms with Gasteiger partial charge in [0, 0.05) is 33.5 Å². The monoisotopic (exact) mass is 550 g/mol. The molecule has 0 aliphatic heterocycles. The molecule has 0 saturated carbocycles. The SMILES string of the molecule is CC(C)(C)c1cc(N(C2=CCCC=C2)c2coc3ccccc23)cc(N(c2ccccc2)c2coc3ccccc23)c1. The van der Waals surface area contributed by atoms with Crippen LogP contribution in [0.3, 0.4) is 0 Å². The van der Waals surface area contributed by atoms with Gasteiger partial charge in [-0.15, -0.1) is 0 Å². The number of allylic oxidation sites excluding steroid dienone is 3. The van der Waals surface area contributed by atoms with Gasteiger partial charge < -0.3 is 18.6 Å². The molecule has 0 N–H and O–H groups in total. The van der Waals surface area contributed by atoms with Crippen LogP contribution in [0.1, 0.15) is 39.2 Å². The molecule has 0 fully saturated rings. The quantitative estimate of drug-likeness (QED) is 0.206. The van der Waals surface area contributed by atoms with Crippen LogP contribution in [0.25, 0.3) is 21.9 Å². The molecule has 0 bridgehead atoms. The molecule has 0 unspecified atom stereocenters. The Kier molecular flexibility index (Phi) is 6.47. The molecule has 0 atom stereocenters. The predicted molar refractivity (Wildman–Crippen MR) is 174 cm³/mol. The largest absolute Gasteiger partial charge is 0.462 e. The molecule has 0 spiro atoms. The van der Waals surface area contributed by atoms with Crippen molar-refractivity contribution in [1.29, 1.82) is 0 Å². The summed E-state index contributed by atoms with van der Waals surface area (Å²) in [5, 5.41) is 2.15. The first kappa shape index (κ1) is 26.0. The van der Waals surface area contributed by atoms with Crippen LogP contribution < -0.4 is 9.80 Å². The third-order valence-electron chi connectivity index (χ3n) is 7.94. The van der Waals surface area contributed by atoms with Crippen molar-refractivity contribution in [2.24, 2.45) is 0 Å². The molecule has 4 aromatic carbocycles. The first-order valence-electron chi connectivity index (χ1n) is 14.6. The molecule has 42 heavy (non-hydrogen) atoms. The summed E-state index contributed by atoms with van der Waals surface area (Å²) in [4.78, 5) is 4.65. The highest BCUT2D eigenvalue weighted by molar-refractivity contribution is 5.98. The van der Waals surface area contributed by atoms with Gasteiger partial charge in [-0.1, -0.05) is 75.4 Å². The maximum absolute atomic E-state index is 6.08. The van der Waals surface area contributed by atoms with E-state index in [-0.39, 0.29) is 5.41 Å². The maximum Gasteiger partial charge on any atom is 0.136 e. The number of benzene rings is 4. The van der Waals surface area contributed by atoms with Crippen molar-refractivity contribution in [3.63, 3.8) is 0 Å². The highest BCUT2D eigenvalue weighted by atomic mass is 16.3. The van der Waals surface area contributed by atoms with E-state index in [9.17, 15) is 0 Å². The number of para-hydroxylation sites is 3. The summed E-state index contributed by atoms with van der Waals surface area (Å²) in [5.74, 6) is 0. The van der Waals surface area contributed by atoms with E-state index in [1.807, 2.05) is 36.8 Å². The minimum atomic E-state index is -0.0908. The molecule has 1 aliphatic carbocycles. The zero-order chi connectivity index (χ0) is 28.7. The van der Waals surface area contributed by atoms with Crippen LogP contribution in [0, 0.1) is 0 Å². The van der Waals surface area contributed by atoms with Crippen LogP contribution >= 0.6 is 0 Å². The Morgan fingerprint density at radius 2 is 1.17 bits per heavy atom. The predicted octanol–water partition coefficient (Wildman–Crippen LogP) is 11.3. The lowest BCUT2D eigenvalue weighted by Gasteiger charge is -2.32. The van der Waals surface area contributed by atoms with Crippen molar-refractivity contribution in [3.05, 3.63) is 139 Å². The van der Waals surface area contributed by atoms with E-state index in [2.05, 4.69) is 122 Å². The molecule has 1 aliphatic rings. The summed E-state index contributed by atoms with van der Waals surface area (Å²) in [6.45, 7) is 6.81. The van der Waals surface area contributed by atoms with Gasteiger partial charge in [-0.25, -0.2) is 0 Å². The fraction of sp³-hybridized carbons (Fsp3) is 0.158. The molecule has 2 aromatic heterocycles. The van der Waals surface area contributed by atoms with Gasteiger partial charge in [-0.05, 0) is 84.5 Å². The summed E-state index contributed by atoms with van der Waals surface area (Å²) < 4.78 is 12.1. The van der Waals surface area contributed by atoms with Crippen LogP contribution in [0.2, 0.25) is 0 Å². The van der Waals surface area contributed by atoms with Crippen molar-refractivity contribution in [2.45, 2.75) is 39.0 Å². The van der Waals surface area contributed by atoms with Crippen LogP contribution in [-0.4, -0.2) is 0 Å². The fourth-order valence-electron chi connectivity index (χ4n) is 5.76. The van der Waals surface area contributed by atoms with Crippen molar-refractivity contribution in [1.82, 2.24) is 0 Å². The fourth-order valence-corrected chi connectivity index (χ4v) is 5.76. The summed E-state index contributed by atoms with van der Waals surface area (Å²) in [5.41, 5.74) is 9.28. The Morgan fingerprint density at radius 3 is 1.76 bits per heavy atom. The van der Waals surface area contributed by atoms with E-state index in [1.165, 1.54) is 5.56 Å². The van der Waals surface area contributed by atoms with Crippen molar-refractivity contribution >= 4 is 50.4 Å². The van der Waals surface area contributed by atoms with Gasteiger partial charge in [0.05, 0.1) is 11.4 Å². The Labute approximate surface area is 246 Å². The number of fused-ring (bicyclic) bond motifs is 2. The lowest BCUT2D eigenvalue weighted by atomic mass is 9.86. The number of furan rings is 2. The molecule has 7 rings (SSSR count). The van der Waals surface area contributed by atoms with Gasteiger partial charge in [0.1, 0.15) is 23.7 Å². The topological polar surface area (TPSA) is 32.8 Å². The maximum atomic E-state index is 6.08. The molecule has 4 nitrogen and oxygen atoms in total. The smallest absolute Gasteiger partial charge is 0.136 e. The van der Waals surface area contributed by atoms with Gasteiger partial charge in [0.15, 0.2) is 0 Å². The average Bonchev–Trinajstić information content (AvgIpc) is 3.63. The molecule has 4 heteroatoms. The number of hydrogen-bond donors (Lipinski definition) is 0. The first-order chi connectivity index (χ1) is 20.5. The Bertz CT molecular complexity index is 1930. The zero-order valence-corrected chi connectivity index (χ0v) is 24.2. The van der Waals surface area contributed by atoms with E-state index >= 15 is 0 Å². The van der Waals surface area contributed by atoms with Crippen molar-refractivity contribution in [3.8, 4) is 0 Å². The summed E-state index contributed by atoms with van der Waals surface area (Å²) in [7, 11) is 0. The highest BCUT2D eigenvalue weighted by Crippen LogP contribution is 2.45. The molecule has 0 saturated heterocycles. The van der Waals surface area contributed by atoms with Crippen LogP contribution in [0.15, 0.2) is 142 Å². The molecule has 0 amide bonds. The third kappa shape index (κ3) is 4.69. The van der Waals surface area contributed by atoms with Crippen LogP contribution in [0.5, 0.6) is 0 Å². The van der Waals surface area contributed by atoms with E-state index in [1.54, 1.807) is 0 Å². The molecule has 208 valence electrons. The minimum Gasteiger partial charge on any atom is -0.462 e. The summed E-state index contributed by atoms with van der Waals surface area (Å²) in [6, 6.07) is 33.9. The molecular weight excluding hydrogens is 516 g/mol. The average molecular weight is 551 g/mol. The standard InChI is InChI=1S/C38H34N2O2/c1-38(2,3)27-22-30(39(28-14-6-4-7-15-28)34-25-41-36-20-12-10-18-32(34)36)24-31(23-27)40(29-16-8-5-9-17-29)35-26-42-37-21-13-11-19-33(35)37/h4,6-8,10-26H,5,9H2,1-3H3. The minimum absolute atomic E-state index is 0.0908. The normalized spacial score (nSPS) is 13.5. The van der Waals surface area contributed by atoms with Gasteiger partial charge >= 0.3 is 0 Å².